The van der Waals surface area contributed by atoms with Gasteiger partial charge in [0.25, 0.3) is 5.91 Å². The monoisotopic (exact) mass is 371 g/mol. The number of nitrogens with one attached hydrogen (secondary N) is 2. The van der Waals surface area contributed by atoms with E-state index in [0.29, 0.717) is 23.0 Å². The van der Waals surface area contributed by atoms with Crippen molar-refractivity contribution in [3.63, 3.8) is 0 Å². The van der Waals surface area contributed by atoms with Crippen molar-refractivity contribution in [3.8, 4) is 5.82 Å². The van der Waals surface area contributed by atoms with E-state index in [4.69, 9.17) is 0 Å². The molecule has 0 saturated heterocycles. The van der Waals surface area contributed by atoms with Gasteiger partial charge in [0.1, 0.15) is 0 Å². The molecule has 1 unspecified atom stereocenters. The van der Waals surface area contributed by atoms with Crippen LogP contribution in [0.3, 0.4) is 0 Å². The minimum Gasteiger partial charge on any atom is -0.358 e. The second kappa shape index (κ2) is 6.64. The fraction of sp³-hybridized carbons (Fsp3) is 0.227. The summed E-state index contributed by atoms with van der Waals surface area (Å²) in [6.45, 7) is 2.29. The molecule has 5 rings (SSSR count). The molecule has 28 heavy (non-hydrogen) atoms. The predicted octanol–water partition coefficient (Wildman–Crippen LogP) is 4.13. The van der Waals surface area contributed by atoms with Crippen LogP contribution >= 0.6 is 0 Å². The number of aryl methyl sites for hydroxylation is 1. The highest BCUT2D eigenvalue weighted by Gasteiger charge is 2.22. The van der Waals surface area contributed by atoms with Gasteiger partial charge in [-0.25, -0.2) is 9.67 Å². The van der Waals surface area contributed by atoms with Crippen LogP contribution in [0.15, 0.2) is 55.0 Å². The number of nitrogens with zero attached hydrogens (tertiary/aromatic N) is 3. The smallest absolute Gasteiger partial charge is 0.257 e. The number of aromatic amines is 1. The lowest BCUT2D eigenvalue weighted by atomic mass is 9.87. The fourth-order valence-corrected chi connectivity index (χ4v) is 4.07. The van der Waals surface area contributed by atoms with Crippen molar-refractivity contribution in [2.45, 2.75) is 26.2 Å². The van der Waals surface area contributed by atoms with Crippen LogP contribution in [0, 0.1) is 5.92 Å². The van der Waals surface area contributed by atoms with Crippen LogP contribution in [0.5, 0.6) is 0 Å². The van der Waals surface area contributed by atoms with Gasteiger partial charge in [0.15, 0.2) is 5.82 Å². The van der Waals surface area contributed by atoms with E-state index in [0.717, 1.165) is 23.7 Å². The topological polar surface area (TPSA) is 75.6 Å². The quantitative estimate of drug-likeness (QED) is 0.569. The summed E-state index contributed by atoms with van der Waals surface area (Å²) in [5.41, 5.74) is 4.82. The molecule has 0 spiro atoms. The number of amides is 1. The number of H-pyrrole nitrogens is 1. The van der Waals surface area contributed by atoms with Gasteiger partial charge in [0.05, 0.1) is 16.8 Å². The zero-order valence-electron chi connectivity index (χ0n) is 15.6. The van der Waals surface area contributed by atoms with E-state index in [9.17, 15) is 4.79 Å². The van der Waals surface area contributed by atoms with Gasteiger partial charge in [-0.15, -0.1) is 0 Å². The van der Waals surface area contributed by atoms with Crippen LogP contribution < -0.4 is 5.32 Å². The molecule has 3 aromatic heterocycles. The van der Waals surface area contributed by atoms with Crippen molar-refractivity contribution in [1.82, 2.24) is 19.7 Å². The Balaban J connectivity index is 1.53. The molecule has 0 fully saturated rings. The van der Waals surface area contributed by atoms with Gasteiger partial charge in [0, 0.05) is 29.7 Å². The molecule has 0 radical (unpaired) electrons. The van der Waals surface area contributed by atoms with E-state index < -0.39 is 0 Å². The van der Waals surface area contributed by atoms with E-state index in [-0.39, 0.29) is 5.91 Å². The van der Waals surface area contributed by atoms with Crippen LogP contribution in [-0.2, 0) is 12.8 Å². The molecule has 2 N–H and O–H groups in total. The van der Waals surface area contributed by atoms with Crippen LogP contribution in [0.2, 0.25) is 0 Å². The molecule has 0 saturated carbocycles. The Morgan fingerprint density at radius 1 is 1.21 bits per heavy atom. The molecule has 1 atom stereocenters. The molecule has 3 heterocycles. The number of pyridine rings is 1. The minimum absolute atomic E-state index is 0.154. The highest BCUT2D eigenvalue weighted by atomic mass is 16.1. The Bertz CT molecular complexity index is 1160. The fourth-order valence-electron chi connectivity index (χ4n) is 4.07. The molecule has 6 heteroatoms. The molecular formula is C22H21N5O. The van der Waals surface area contributed by atoms with E-state index in [1.165, 1.54) is 17.7 Å². The van der Waals surface area contributed by atoms with Gasteiger partial charge in [-0.3, -0.25) is 4.79 Å². The summed E-state index contributed by atoms with van der Waals surface area (Å²) >= 11 is 0. The summed E-state index contributed by atoms with van der Waals surface area (Å²) in [5, 5.41) is 8.40. The van der Waals surface area contributed by atoms with Crippen LogP contribution in [0.1, 0.15) is 35.0 Å². The van der Waals surface area contributed by atoms with E-state index >= 15 is 0 Å². The van der Waals surface area contributed by atoms with Crippen molar-refractivity contribution >= 4 is 22.5 Å². The van der Waals surface area contributed by atoms with Gasteiger partial charge in [-0.1, -0.05) is 19.1 Å². The van der Waals surface area contributed by atoms with Gasteiger partial charge >= 0.3 is 0 Å². The number of carbonyl (C=O) groups is 1. The van der Waals surface area contributed by atoms with E-state index in [1.54, 1.807) is 29.3 Å². The van der Waals surface area contributed by atoms with Crippen LogP contribution in [0.4, 0.5) is 5.69 Å². The molecule has 1 aromatic carbocycles. The highest BCUT2D eigenvalue weighted by Crippen LogP contribution is 2.33. The molecule has 140 valence electrons. The Morgan fingerprint density at radius 3 is 3.00 bits per heavy atom. The lowest BCUT2D eigenvalue weighted by Gasteiger charge is -2.17. The van der Waals surface area contributed by atoms with Gasteiger partial charge < -0.3 is 10.3 Å². The van der Waals surface area contributed by atoms with Gasteiger partial charge in [-0.2, -0.15) is 5.10 Å². The molecule has 0 aliphatic heterocycles. The van der Waals surface area contributed by atoms with Crippen molar-refractivity contribution in [3.05, 3.63) is 71.8 Å². The highest BCUT2D eigenvalue weighted by molar-refractivity contribution is 6.13. The first-order valence-electron chi connectivity index (χ1n) is 9.59. The molecule has 6 nitrogen and oxygen atoms in total. The maximum atomic E-state index is 13.1. The Hall–Kier alpha value is -3.41. The maximum absolute atomic E-state index is 13.1. The summed E-state index contributed by atoms with van der Waals surface area (Å²) in [6.07, 6.45) is 8.47. The van der Waals surface area contributed by atoms with E-state index in [2.05, 4.69) is 33.4 Å². The third-order valence-electron chi connectivity index (χ3n) is 5.47. The Kier molecular flexibility index (Phi) is 3.97. The second-order valence-electron chi connectivity index (χ2n) is 7.44. The summed E-state index contributed by atoms with van der Waals surface area (Å²) in [6, 6.07) is 11.4. The third kappa shape index (κ3) is 2.78. The number of para-hydroxylation sites is 1. The second-order valence-corrected chi connectivity index (χ2v) is 7.44. The maximum Gasteiger partial charge on any atom is 0.257 e. The molecule has 1 amide bonds. The SMILES string of the molecule is CC1CCc2[nH]c3c(C(=O)Nc4cccnc4-n4cccn4)cccc3c2C1. The van der Waals surface area contributed by atoms with E-state index in [1.807, 2.05) is 24.3 Å². The number of hydrogen-bond acceptors (Lipinski definition) is 3. The average Bonchev–Trinajstić information content (AvgIpc) is 3.36. The normalized spacial score (nSPS) is 16.1. The Labute approximate surface area is 162 Å². The molecule has 0 bridgehead atoms. The van der Waals surface area contributed by atoms with Gasteiger partial charge in [0.2, 0.25) is 0 Å². The lowest BCUT2D eigenvalue weighted by molar-refractivity contribution is 0.102. The number of fused-ring (bicyclic) bond motifs is 3. The largest absolute Gasteiger partial charge is 0.358 e. The van der Waals surface area contributed by atoms with Gasteiger partial charge in [-0.05, 0) is 55.0 Å². The van der Waals surface area contributed by atoms with Crippen molar-refractivity contribution in [2.24, 2.45) is 5.92 Å². The average molecular weight is 371 g/mol. The summed E-state index contributed by atoms with van der Waals surface area (Å²) in [4.78, 5) is 21.0. The number of anilines is 1. The summed E-state index contributed by atoms with van der Waals surface area (Å²) in [7, 11) is 0. The first-order valence-corrected chi connectivity index (χ1v) is 9.59. The zero-order valence-corrected chi connectivity index (χ0v) is 15.6. The molecular weight excluding hydrogens is 350 g/mol. The van der Waals surface area contributed by atoms with Crippen molar-refractivity contribution < 1.29 is 4.79 Å². The molecule has 4 aromatic rings. The lowest BCUT2D eigenvalue weighted by Crippen LogP contribution is -2.15. The number of hydrogen-bond donors (Lipinski definition) is 2. The summed E-state index contributed by atoms with van der Waals surface area (Å²) in [5.74, 6) is 1.11. The first-order chi connectivity index (χ1) is 13.7. The van der Waals surface area contributed by atoms with Crippen molar-refractivity contribution in [2.75, 3.05) is 5.32 Å². The number of aromatic nitrogens is 4. The van der Waals surface area contributed by atoms with Crippen LogP contribution in [0.25, 0.3) is 16.7 Å². The molecule has 1 aliphatic carbocycles. The minimum atomic E-state index is -0.154. The third-order valence-corrected chi connectivity index (χ3v) is 5.47. The molecule has 1 aliphatic rings. The standard InChI is InChI=1S/C22H21N5O/c1-14-8-9-18-17(13-14)15-5-2-6-16(20(15)25-18)22(28)26-19-7-3-10-23-21(19)27-12-4-11-24-27/h2-7,10-12,14,25H,8-9,13H2,1H3,(H,26,28). The van der Waals surface area contributed by atoms with Crippen LogP contribution in [-0.4, -0.2) is 25.7 Å². The number of benzene rings is 1. The number of rotatable bonds is 3. The number of carbonyl (C=O) groups excluding carboxylic acids is 1. The van der Waals surface area contributed by atoms with Crippen molar-refractivity contribution in [1.29, 1.82) is 0 Å². The summed E-state index contributed by atoms with van der Waals surface area (Å²) < 4.78 is 1.64. The predicted molar refractivity (Wildman–Crippen MR) is 109 cm³/mol. The first kappa shape index (κ1) is 16.7. The zero-order chi connectivity index (χ0) is 19.1. The Morgan fingerprint density at radius 2 is 2.14 bits per heavy atom.